The molecule has 0 aliphatic carbocycles. The van der Waals surface area contributed by atoms with E-state index >= 15 is 0 Å². The molecule has 202 valence electrons. The third kappa shape index (κ3) is 56.5. The van der Waals surface area contributed by atoms with Gasteiger partial charge >= 0.3 is 71.9 Å². The van der Waals surface area contributed by atoms with E-state index in [0.717, 1.165) is 0 Å². The van der Waals surface area contributed by atoms with Crippen molar-refractivity contribution in [3.8, 4) is 22.9 Å². The van der Waals surface area contributed by atoms with Crippen molar-refractivity contribution >= 4 is 61.5 Å². The normalized spacial score (nSPS) is 7.74. The SMILES string of the molecule is [CH2-]C#C[Si](C)(C)C.[CH2-]C#C[Si](C)(C)C.[Cu+2].[Cu+2].[Li+].[Li+].[c-]1cccs1.[c-]1cccs1.[c-]1cccs1.[c-]1cccs1. The Balaban J connectivity index is -0.0000000795. The Hall–Kier alpha value is 0.328. The maximum absolute atomic E-state index is 3.44. The van der Waals surface area contributed by atoms with E-state index in [9.17, 15) is 0 Å². The van der Waals surface area contributed by atoms with Crippen molar-refractivity contribution in [3.05, 3.63) is 105 Å². The summed E-state index contributed by atoms with van der Waals surface area (Å²) in [6.07, 6.45) is 0. The number of thiophene rings is 4. The first-order valence-corrected chi connectivity index (χ1v) is 20.8. The molecular formula is C28H34Cu2Li2S4Si2. The van der Waals surface area contributed by atoms with Crippen molar-refractivity contribution in [1.82, 2.24) is 0 Å². The Bertz CT molecular complexity index is 755. The second-order valence-corrected chi connectivity index (χ2v) is 20.5. The van der Waals surface area contributed by atoms with Crippen LogP contribution in [-0.2, 0) is 34.1 Å². The predicted molar refractivity (Wildman–Crippen MR) is 166 cm³/mol. The van der Waals surface area contributed by atoms with Crippen LogP contribution in [0.15, 0.2) is 70.1 Å². The molecule has 0 amide bonds. The molecule has 0 aromatic carbocycles. The van der Waals surface area contributed by atoms with Crippen LogP contribution in [0.1, 0.15) is 0 Å². The van der Waals surface area contributed by atoms with Crippen molar-refractivity contribution in [2.45, 2.75) is 39.3 Å². The van der Waals surface area contributed by atoms with Crippen molar-refractivity contribution in [2.75, 3.05) is 0 Å². The van der Waals surface area contributed by atoms with Gasteiger partial charge in [0.25, 0.3) is 0 Å². The summed E-state index contributed by atoms with van der Waals surface area (Å²) in [7, 11) is -2.16. The Kier molecular flexibility index (Phi) is 50.2. The van der Waals surface area contributed by atoms with Gasteiger partial charge < -0.3 is 56.4 Å². The summed E-state index contributed by atoms with van der Waals surface area (Å²) in [5, 5.41) is 19.6. The van der Waals surface area contributed by atoms with Crippen LogP contribution in [0.25, 0.3) is 0 Å². The second-order valence-electron chi connectivity index (χ2n) is 8.03. The molecule has 4 aromatic heterocycles. The van der Waals surface area contributed by atoms with Crippen LogP contribution >= 0.6 is 45.3 Å². The topological polar surface area (TPSA) is 0 Å². The molecular weight excluding hydrogens is 662 g/mol. The summed E-state index contributed by atoms with van der Waals surface area (Å²) in [6, 6.07) is 15.4. The Labute approximate surface area is 297 Å². The third-order valence-electron chi connectivity index (χ3n) is 2.44. The van der Waals surface area contributed by atoms with Crippen LogP contribution in [0.4, 0.5) is 0 Å². The number of hydrogen-bond acceptors (Lipinski definition) is 4. The molecule has 4 rings (SSSR count). The maximum atomic E-state index is 3.44. The molecule has 0 aliphatic heterocycles. The molecule has 4 aromatic rings. The van der Waals surface area contributed by atoms with Crippen molar-refractivity contribution in [1.29, 1.82) is 0 Å². The van der Waals surface area contributed by atoms with E-state index < -0.39 is 16.1 Å². The number of rotatable bonds is 0. The standard InChI is InChI=1S/2C6H11Si.4C4H3S.2Cu.2Li/c2*1-5-6-7(2,3)4;4*1-2-4-5-3-1;;;;/h2*1H2,2-4H3;4*1-3H;;;;/q6*-1;2*+2;2*+1. The largest absolute Gasteiger partial charge is 2.00 e. The van der Waals surface area contributed by atoms with Crippen LogP contribution in [0.2, 0.25) is 39.3 Å². The van der Waals surface area contributed by atoms with E-state index in [-0.39, 0.29) is 71.9 Å². The van der Waals surface area contributed by atoms with Crippen molar-refractivity contribution < 1.29 is 71.9 Å². The zero-order valence-corrected chi connectivity index (χ0v) is 30.7. The minimum absolute atomic E-state index is 0. The Morgan fingerprint density at radius 1 is 0.500 bits per heavy atom. The van der Waals surface area contributed by atoms with Gasteiger partial charge in [0.1, 0.15) is 0 Å². The summed E-state index contributed by atoms with van der Waals surface area (Å²) < 4.78 is 0. The van der Waals surface area contributed by atoms with Gasteiger partial charge in [-0.05, 0) is 0 Å². The van der Waals surface area contributed by atoms with Gasteiger partial charge in [0.15, 0.2) is 0 Å². The second kappa shape index (κ2) is 37.3. The summed E-state index contributed by atoms with van der Waals surface area (Å²) in [5.74, 6) is 5.34. The molecule has 4 heterocycles. The molecule has 0 nitrogen and oxygen atoms in total. The summed E-state index contributed by atoms with van der Waals surface area (Å²) in [4.78, 5) is 0. The van der Waals surface area contributed by atoms with E-state index in [1.165, 1.54) is 0 Å². The van der Waals surface area contributed by atoms with Gasteiger partial charge in [-0.3, -0.25) is 11.8 Å². The molecule has 0 aliphatic rings. The Morgan fingerprint density at radius 2 is 0.711 bits per heavy atom. The third-order valence-corrected chi connectivity index (χ3v) is 6.56. The van der Waals surface area contributed by atoms with E-state index in [0.29, 0.717) is 0 Å². The fraction of sp³-hybridized carbons (Fsp3) is 0.214. The minimum atomic E-state index is -1.08. The molecule has 0 atom stereocenters. The summed E-state index contributed by atoms with van der Waals surface area (Å²) >= 11 is 6.35. The quantitative estimate of drug-likeness (QED) is 0.150. The van der Waals surface area contributed by atoms with Gasteiger partial charge in [0, 0.05) is 16.1 Å². The first-order chi connectivity index (χ1) is 16.1. The zero-order chi connectivity index (χ0) is 26.0. The van der Waals surface area contributed by atoms with Gasteiger partial charge in [-0.1, -0.05) is 39.3 Å². The maximum Gasteiger partial charge on any atom is 2.00 e. The first-order valence-electron chi connectivity index (χ1n) is 10.3. The molecule has 0 unspecified atom stereocenters. The first kappa shape index (κ1) is 51.1. The van der Waals surface area contributed by atoms with Gasteiger partial charge in [-0.25, -0.2) is 24.3 Å². The molecule has 2 radical (unpaired) electrons. The van der Waals surface area contributed by atoms with Crippen LogP contribution in [0.5, 0.6) is 0 Å². The van der Waals surface area contributed by atoms with E-state index in [1.807, 2.05) is 70.1 Å². The van der Waals surface area contributed by atoms with E-state index in [2.05, 4.69) is 97.6 Å². The molecule has 0 spiro atoms. The van der Waals surface area contributed by atoms with Crippen LogP contribution in [0.3, 0.4) is 0 Å². The van der Waals surface area contributed by atoms with E-state index in [4.69, 9.17) is 0 Å². The molecule has 0 saturated heterocycles. The smallest absolute Gasteiger partial charge is 0.333 e. The molecule has 0 fully saturated rings. The van der Waals surface area contributed by atoms with Crippen LogP contribution in [0, 0.1) is 58.3 Å². The van der Waals surface area contributed by atoms with Gasteiger partial charge in [0.05, 0.1) is 0 Å². The summed E-state index contributed by atoms with van der Waals surface area (Å²) in [5.41, 5.74) is 6.12. The van der Waals surface area contributed by atoms with E-state index in [1.54, 1.807) is 45.3 Å². The summed E-state index contributed by atoms with van der Waals surface area (Å²) in [6.45, 7) is 20.1. The molecule has 0 N–H and O–H groups in total. The average molecular weight is 696 g/mol. The molecule has 38 heavy (non-hydrogen) atoms. The van der Waals surface area contributed by atoms with Crippen molar-refractivity contribution in [3.63, 3.8) is 0 Å². The zero-order valence-electron chi connectivity index (χ0n) is 23.6. The van der Waals surface area contributed by atoms with Gasteiger partial charge in [-0.2, -0.15) is 59.6 Å². The molecule has 0 saturated carbocycles. The van der Waals surface area contributed by atoms with Crippen LogP contribution < -0.4 is 37.7 Å². The molecule has 10 heteroatoms. The average Bonchev–Trinajstić information content (AvgIpc) is 3.58. The Morgan fingerprint density at radius 3 is 0.737 bits per heavy atom. The molecule has 0 bridgehead atoms. The van der Waals surface area contributed by atoms with Crippen LogP contribution in [-0.4, -0.2) is 16.1 Å². The number of hydrogen-bond donors (Lipinski definition) is 0. The van der Waals surface area contributed by atoms with Gasteiger partial charge in [-0.15, -0.1) is 21.5 Å². The fourth-order valence-corrected chi connectivity index (χ4v) is 3.95. The fourth-order valence-electron chi connectivity index (χ4n) is 1.32. The van der Waals surface area contributed by atoms with Gasteiger partial charge in [0.2, 0.25) is 0 Å². The predicted octanol–water partition coefficient (Wildman–Crippen LogP) is 3.60. The van der Waals surface area contributed by atoms with Crippen molar-refractivity contribution in [2.24, 2.45) is 0 Å². The monoisotopic (exact) mass is 694 g/mol. The minimum Gasteiger partial charge on any atom is -0.333 e.